The number of hydrogen-bond donors (Lipinski definition) is 3. The second-order valence-corrected chi connectivity index (χ2v) is 2.88. The van der Waals surface area contributed by atoms with Crippen LogP contribution in [0.15, 0.2) is 23.8 Å². The molecular formula is C10H12F2O6. The Bertz CT molecular complexity index is 382. The molecule has 0 aliphatic carbocycles. The zero-order valence-electron chi connectivity index (χ0n) is 9.44. The summed E-state index contributed by atoms with van der Waals surface area (Å²) in [6, 6.07) is 0. The third kappa shape index (κ3) is 9.01. The Kier molecular flexibility index (Phi) is 8.91. The van der Waals surface area contributed by atoms with Gasteiger partial charge < -0.3 is 15.3 Å². The summed E-state index contributed by atoms with van der Waals surface area (Å²) in [6.45, 7) is 5.03. The summed E-state index contributed by atoms with van der Waals surface area (Å²) in [5, 5.41) is 24.0. The summed E-state index contributed by atoms with van der Waals surface area (Å²) in [5.74, 6) is -4.41. The molecule has 18 heavy (non-hydrogen) atoms. The van der Waals surface area contributed by atoms with Crippen molar-refractivity contribution in [2.24, 2.45) is 0 Å². The minimum atomic E-state index is -2.47. The van der Waals surface area contributed by atoms with Crippen LogP contribution >= 0.6 is 0 Å². The first-order valence-corrected chi connectivity index (χ1v) is 4.53. The second kappa shape index (κ2) is 8.85. The Morgan fingerprint density at radius 2 is 1.50 bits per heavy atom. The third-order valence-electron chi connectivity index (χ3n) is 1.54. The second-order valence-electron chi connectivity index (χ2n) is 2.88. The molecule has 0 atom stereocenters. The lowest BCUT2D eigenvalue weighted by atomic mass is 10.2. The molecule has 0 spiro atoms. The number of hydrogen-bond acceptors (Lipinski definition) is 3. The van der Waals surface area contributed by atoms with Crippen molar-refractivity contribution in [3.63, 3.8) is 0 Å². The van der Waals surface area contributed by atoms with Crippen LogP contribution in [0, 0.1) is 0 Å². The number of carboxylic acids is 3. The lowest BCUT2D eigenvalue weighted by Crippen LogP contribution is -2.07. The fourth-order valence-corrected chi connectivity index (χ4v) is 0.526. The molecule has 0 saturated heterocycles. The minimum Gasteiger partial charge on any atom is -0.481 e. The van der Waals surface area contributed by atoms with Crippen molar-refractivity contribution in [2.75, 3.05) is 0 Å². The maximum Gasteiger partial charge on any atom is 0.337 e. The van der Waals surface area contributed by atoms with Crippen LogP contribution in [-0.2, 0) is 14.4 Å². The van der Waals surface area contributed by atoms with E-state index in [1.54, 1.807) is 6.92 Å². The van der Waals surface area contributed by atoms with Crippen molar-refractivity contribution >= 4 is 17.9 Å². The quantitative estimate of drug-likeness (QED) is 0.653. The van der Waals surface area contributed by atoms with Crippen LogP contribution in [0.2, 0.25) is 0 Å². The standard InChI is InChI=1S/C5H4F2O4.C5H8O2/c6-4(7)2(5(10)11)1-3(8)9;1-3-4(2)5(6)7/h1H2,(H,8,9)(H,10,11);2-3H2,1H3,(H,6,7). The van der Waals surface area contributed by atoms with Crippen LogP contribution in [0.25, 0.3) is 0 Å². The van der Waals surface area contributed by atoms with Gasteiger partial charge in [-0.1, -0.05) is 13.5 Å². The topological polar surface area (TPSA) is 112 Å². The number of halogens is 2. The van der Waals surface area contributed by atoms with Gasteiger partial charge in [0.25, 0.3) is 6.08 Å². The molecule has 0 rings (SSSR count). The molecule has 0 amide bonds. The Hall–Kier alpha value is -2.25. The van der Waals surface area contributed by atoms with Crippen molar-refractivity contribution in [3.8, 4) is 0 Å². The molecule has 102 valence electrons. The molecule has 0 aliphatic rings. The number of carbonyl (C=O) groups is 3. The molecular weight excluding hydrogens is 254 g/mol. The van der Waals surface area contributed by atoms with Crippen molar-refractivity contribution < 1.29 is 38.5 Å². The first-order valence-electron chi connectivity index (χ1n) is 4.53. The van der Waals surface area contributed by atoms with Crippen LogP contribution in [0.1, 0.15) is 19.8 Å². The Morgan fingerprint density at radius 3 is 1.56 bits per heavy atom. The molecule has 0 aromatic heterocycles. The van der Waals surface area contributed by atoms with E-state index in [0.717, 1.165) is 0 Å². The molecule has 0 aromatic carbocycles. The van der Waals surface area contributed by atoms with E-state index in [9.17, 15) is 23.2 Å². The van der Waals surface area contributed by atoms with Gasteiger partial charge in [0.15, 0.2) is 0 Å². The zero-order valence-corrected chi connectivity index (χ0v) is 9.44. The average molecular weight is 266 g/mol. The average Bonchev–Trinajstić information content (AvgIpc) is 2.24. The van der Waals surface area contributed by atoms with E-state index in [0.29, 0.717) is 6.42 Å². The van der Waals surface area contributed by atoms with Crippen LogP contribution in [0.5, 0.6) is 0 Å². The van der Waals surface area contributed by atoms with Crippen LogP contribution in [0.3, 0.4) is 0 Å². The van der Waals surface area contributed by atoms with Gasteiger partial charge in [-0.3, -0.25) is 4.79 Å². The first-order chi connectivity index (χ1) is 8.13. The fourth-order valence-electron chi connectivity index (χ4n) is 0.526. The van der Waals surface area contributed by atoms with Crippen LogP contribution in [0.4, 0.5) is 8.78 Å². The Morgan fingerprint density at radius 1 is 1.06 bits per heavy atom. The van der Waals surface area contributed by atoms with Gasteiger partial charge in [0, 0.05) is 5.57 Å². The van der Waals surface area contributed by atoms with Crippen LogP contribution in [-0.4, -0.2) is 33.2 Å². The molecule has 0 fully saturated rings. The molecule has 0 radical (unpaired) electrons. The highest BCUT2D eigenvalue weighted by molar-refractivity contribution is 5.92. The van der Waals surface area contributed by atoms with E-state index in [1.165, 1.54) is 0 Å². The monoisotopic (exact) mass is 266 g/mol. The Labute approximate surface area is 101 Å². The van der Waals surface area contributed by atoms with Gasteiger partial charge in [-0.15, -0.1) is 0 Å². The van der Waals surface area contributed by atoms with Crippen molar-refractivity contribution in [1.29, 1.82) is 0 Å². The summed E-state index contributed by atoms with van der Waals surface area (Å²) in [6.07, 6.45) is -3.12. The van der Waals surface area contributed by atoms with Gasteiger partial charge in [-0.2, -0.15) is 8.78 Å². The van der Waals surface area contributed by atoms with Crippen molar-refractivity contribution in [3.05, 3.63) is 23.8 Å². The lowest BCUT2D eigenvalue weighted by molar-refractivity contribution is -0.140. The maximum absolute atomic E-state index is 11.5. The molecule has 0 aromatic rings. The molecule has 3 N–H and O–H groups in total. The highest BCUT2D eigenvalue weighted by Gasteiger charge is 2.17. The highest BCUT2D eigenvalue weighted by atomic mass is 19.3. The number of aliphatic carboxylic acids is 3. The summed E-state index contributed by atoms with van der Waals surface area (Å²) in [4.78, 5) is 29.5. The SMILES string of the molecule is C=C(CC)C(=O)O.O=C(O)CC(C(=O)O)=C(F)F. The summed E-state index contributed by atoms with van der Waals surface area (Å²) < 4.78 is 23.1. The van der Waals surface area contributed by atoms with E-state index < -0.39 is 36.0 Å². The lowest BCUT2D eigenvalue weighted by Gasteiger charge is -1.94. The third-order valence-corrected chi connectivity index (χ3v) is 1.54. The zero-order chi connectivity index (χ0) is 14.9. The van der Waals surface area contributed by atoms with Crippen molar-refractivity contribution in [1.82, 2.24) is 0 Å². The molecule has 8 heteroatoms. The predicted octanol–water partition coefficient (Wildman–Crippen LogP) is 1.73. The maximum atomic E-state index is 11.5. The van der Waals surface area contributed by atoms with Gasteiger partial charge in [-0.25, -0.2) is 9.59 Å². The molecule has 0 saturated carbocycles. The van der Waals surface area contributed by atoms with Crippen molar-refractivity contribution in [2.45, 2.75) is 19.8 Å². The smallest absolute Gasteiger partial charge is 0.337 e. The van der Waals surface area contributed by atoms with Crippen LogP contribution < -0.4 is 0 Å². The summed E-state index contributed by atoms with van der Waals surface area (Å²) in [5.41, 5.74) is -1.11. The van der Waals surface area contributed by atoms with E-state index in [4.69, 9.17) is 15.3 Å². The van der Waals surface area contributed by atoms with E-state index in [2.05, 4.69) is 6.58 Å². The summed E-state index contributed by atoms with van der Waals surface area (Å²) >= 11 is 0. The molecule has 0 unspecified atom stereocenters. The molecule has 0 heterocycles. The highest BCUT2D eigenvalue weighted by Crippen LogP contribution is 2.11. The van der Waals surface area contributed by atoms with E-state index >= 15 is 0 Å². The minimum absolute atomic E-state index is 0.264. The van der Waals surface area contributed by atoms with E-state index in [1.807, 2.05) is 0 Å². The largest absolute Gasteiger partial charge is 0.481 e. The van der Waals surface area contributed by atoms with E-state index in [-0.39, 0.29) is 5.57 Å². The van der Waals surface area contributed by atoms with Gasteiger partial charge in [0.05, 0.1) is 6.42 Å². The number of rotatable bonds is 5. The predicted molar refractivity (Wildman–Crippen MR) is 56.2 cm³/mol. The van der Waals surface area contributed by atoms with Gasteiger partial charge >= 0.3 is 17.9 Å². The fraction of sp³-hybridized carbons (Fsp3) is 0.300. The number of carboxylic acid groups (broad SMARTS) is 3. The van der Waals surface area contributed by atoms with Gasteiger partial charge in [-0.05, 0) is 6.42 Å². The first kappa shape index (κ1) is 18.1. The normalized spacial score (nSPS) is 8.61. The van der Waals surface area contributed by atoms with Gasteiger partial charge in [0.1, 0.15) is 5.57 Å². The molecule has 6 nitrogen and oxygen atoms in total. The molecule has 0 aliphatic heterocycles. The van der Waals surface area contributed by atoms with Gasteiger partial charge in [0.2, 0.25) is 0 Å². The molecule has 0 bridgehead atoms. The Balaban J connectivity index is 0. The summed E-state index contributed by atoms with van der Waals surface area (Å²) in [7, 11) is 0.